The molecule has 0 radical (unpaired) electrons. The zero-order chi connectivity index (χ0) is 18.4. The van der Waals surface area contributed by atoms with Gasteiger partial charge in [-0.3, -0.25) is 14.9 Å². The number of rotatable bonds is 7. The molecule has 5 nitrogen and oxygen atoms in total. The van der Waals surface area contributed by atoms with E-state index in [4.69, 9.17) is 0 Å². The Bertz CT molecular complexity index is 921. The van der Waals surface area contributed by atoms with Crippen LogP contribution >= 0.6 is 0 Å². The minimum absolute atomic E-state index is 0.173. The predicted octanol–water partition coefficient (Wildman–Crippen LogP) is 2.88. The van der Waals surface area contributed by atoms with Crippen LogP contribution < -0.4 is 10.9 Å². The minimum atomic E-state index is -0.978. The Kier molecular flexibility index (Phi) is 5.61. The number of H-pyrrole nitrogens is 1. The van der Waals surface area contributed by atoms with Gasteiger partial charge >= 0.3 is 5.97 Å². The Hall–Kier alpha value is -3.18. The summed E-state index contributed by atoms with van der Waals surface area (Å²) in [4.78, 5) is 26.7. The molecule has 26 heavy (non-hydrogen) atoms. The molecule has 1 atom stereocenters. The monoisotopic (exact) mass is 348 g/mol. The highest BCUT2D eigenvalue weighted by Gasteiger charge is 2.19. The number of aromatic amines is 1. The first-order chi connectivity index (χ1) is 12.6. The third-order valence-electron chi connectivity index (χ3n) is 4.17. The van der Waals surface area contributed by atoms with Gasteiger partial charge in [0, 0.05) is 24.2 Å². The fourth-order valence-corrected chi connectivity index (χ4v) is 2.81. The second kappa shape index (κ2) is 8.27. The third kappa shape index (κ3) is 4.46. The maximum atomic E-state index is 12.3. The van der Waals surface area contributed by atoms with Crippen molar-refractivity contribution in [1.82, 2.24) is 10.3 Å². The highest BCUT2D eigenvalue weighted by Crippen LogP contribution is 2.13. The largest absolute Gasteiger partial charge is 0.480 e. The number of pyridine rings is 1. The van der Waals surface area contributed by atoms with Crippen molar-refractivity contribution in [2.75, 3.05) is 0 Å². The van der Waals surface area contributed by atoms with Crippen LogP contribution in [0.3, 0.4) is 0 Å². The molecule has 0 unspecified atom stereocenters. The maximum absolute atomic E-state index is 12.3. The highest BCUT2D eigenvalue weighted by molar-refractivity contribution is 5.75. The lowest BCUT2D eigenvalue weighted by atomic mass is 10.1. The van der Waals surface area contributed by atoms with E-state index in [-0.39, 0.29) is 12.1 Å². The smallest absolute Gasteiger partial charge is 0.325 e. The van der Waals surface area contributed by atoms with Crippen molar-refractivity contribution in [3.63, 3.8) is 0 Å². The van der Waals surface area contributed by atoms with Crippen molar-refractivity contribution in [3.05, 3.63) is 106 Å². The van der Waals surface area contributed by atoms with Crippen LogP contribution in [-0.2, 0) is 17.8 Å². The molecule has 1 heterocycles. The first-order valence-electron chi connectivity index (χ1n) is 8.39. The first kappa shape index (κ1) is 17.6. The van der Waals surface area contributed by atoms with E-state index in [1.54, 1.807) is 30.3 Å². The molecule has 3 rings (SSSR count). The third-order valence-corrected chi connectivity index (χ3v) is 4.17. The second-order valence-electron chi connectivity index (χ2n) is 6.06. The van der Waals surface area contributed by atoms with Crippen molar-refractivity contribution in [2.24, 2.45) is 0 Å². The van der Waals surface area contributed by atoms with Crippen LogP contribution in [0.5, 0.6) is 0 Å². The predicted molar refractivity (Wildman–Crippen MR) is 100.0 cm³/mol. The Labute approximate surface area is 151 Å². The van der Waals surface area contributed by atoms with Crippen molar-refractivity contribution >= 4 is 5.97 Å². The van der Waals surface area contributed by atoms with Gasteiger partial charge in [-0.25, -0.2) is 0 Å². The molecule has 3 aromatic rings. The lowest BCUT2D eigenvalue weighted by molar-refractivity contribution is -0.139. The van der Waals surface area contributed by atoms with E-state index >= 15 is 0 Å². The van der Waals surface area contributed by atoms with Gasteiger partial charge in [-0.2, -0.15) is 0 Å². The highest BCUT2D eigenvalue weighted by atomic mass is 16.4. The number of hydrogen-bond acceptors (Lipinski definition) is 3. The van der Waals surface area contributed by atoms with E-state index < -0.39 is 12.0 Å². The zero-order valence-corrected chi connectivity index (χ0v) is 14.2. The zero-order valence-electron chi connectivity index (χ0n) is 14.2. The normalized spacial score (nSPS) is 11.8. The van der Waals surface area contributed by atoms with Gasteiger partial charge in [-0.1, -0.05) is 66.7 Å². The molecule has 0 bridgehead atoms. The number of benzene rings is 2. The summed E-state index contributed by atoms with van der Waals surface area (Å²) in [6, 6.07) is 21.5. The molecular formula is C21H20N2O3. The van der Waals surface area contributed by atoms with Gasteiger partial charge in [0.1, 0.15) is 6.04 Å². The van der Waals surface area contributed by atoms with Gasteiger partial charge in [0.15, 0.2) is 0 Å². The van der Waals surface area contributed by atoms with E-state index in [1.165, 1.54) is 0 Å². The summed E-state index contributed by atoms with van der Waals surface area (Å²) in [5.74, 6) is -0.978. The Morgan fingerprint density at radius 3 is 2.23 bits per heavy atom. The summed E-state index contributed by atoms with van der Waals surface area (Å²) < 4.78 is 0. The molecule has 1 aromatic heterocycles. The maximum Gasteiger partial charge on any atom is 0.325 e. The van der Waals surface area contributed by atoms with Crippen molar-refractivity contribution in [3.8, 4) is 0 Å². The molecule has 0 aliphatic heterocycles. The number of hydrogen-bond donors (Lipinski definition) is 3. The average Bonchev–Trinajstić information content (AvgIpc) is 2.65. The summed E-state index contributed by atoms with van der Waals surface area (Å²) in [5.41, 5.74) is 2.89. The van der Waals surface area contributed by atoms with Crippen LogP contribution in [0.15, 0.2) is 77.6 Å². The molecule has 0 fully saturated rings. The van der Waals surface area contributed by atoms with E-state index in [2.05, 4.69) is 10.3 Å². The molecule has 0 amide bonds. The number of aromatic nitrogens is 1. The summed E-state index contributed by atoms with van der Waals surface area (Å²) in [7, 11) is 0. The molecule has 132 valence electrons. The van der Waals surface area contributed by atoms with Crippen molar-refractivity contribution in [1.29, 1.82) is 0 Å². The van der Waals surface area contributed by atoms with E-state index in [9.17, 15) is 14.7 Å². The van der Waals surface area contributed by atoms with Crippen LogP contribution in [0.2, 0.25) is 0 Å². The first-order valence-corrected chi connectivity index (χ1v) is 8.39. The molecule has 5 heteroatoms. The lowest BCUT2D eigenvalue weighted by Crippen LogP contribution is -2.30. The summed E-state index contributed by atoms with van der Waals surface area (Å²) in [6.07, 6.45) is 0.644. The quantitative estimate of drug-likeness (QED) is 0.613. The Balaban J connectivity index is 1.70. The number of aliphatic carboxylic acids is 1. The lowest BCUT2D eigenvalue weighted by Gasteiger charge is -2.14. The van der Waals surface area contributed by atoms with Gasteiger partial charge in [0.2, 0.25) is 0 Å². The Morgan fingerprint density at radius 2 is 1.62 bits per heavy atom. The topological polar surface area (TPSA) is 82.2 Å². The second-order valence-corrected chi connectivity index (χ2v) is 6.06. The van der Waals surface area contributed by atoms with Crippen molar-refractivity contribution < 1.29 is 9.90 Å². The van der Waals surface area contributed by atoms with Crippen LogP contribution in [0.1, 0.15) is 28.4 Å². The number of nitrogens with one attached hydrogen (secondary N) is 2. The van der Waals surface area contributed by atoms with Crippen LogP contribution in [0, 0.1) is 0 Å². The number of carboxylic acids is 1. The summed E-state index contributed by atoms with van der Waals surface area (Å²) >= 11 is 0. The molecule has 0 aliphatic carbocycles. The van der Waals surface area contributed by atoms with Gasteiger partial charge in [0.25, 0.3) is 5.56 Å². The van der Waals surface area contributed by atoms with E-state index in [0.717, 1.165) is 11.3 Å². The van der Waals surface area contributed by atoms with Crippen LogP contribution in [-0.4, -0.2) is 16.1 Å². The Morgan fingerprint density at radius 1 is 0.962 bits per heavy atom. The number of carbonyl (C=O) groups is 1. The molecule has 0 aliphatic rings. The van der Waals surface area contributed by atoms with E-state index in [0.29, 0.717) is 17.5 Å². The van der Waals surface area contributed by atoms with Gasteiger partial charge in [-0.05, 0) is 17.2 Å². The fourth-order valence-electron chi connectivity index (χ4n) is 2.81. The van der Waals surface area contributed by atoms with Crippen molar-refractivity contribution in [2.45, 2.75) is 19.0 Å². The molecule has 3 N–H and O–H groups in total. The number of carboxylic acid groups (broad SMARTS) is 1. The molecule has 0 spiro atoms. The SMILES string of the molecule is O=C(O)[C@@H](NCc1ccc(Cc2ccccc2)[nH]c1=O)c1ccccc1. The summed E-state index contributed by atoms with van der Waals surface area (Å²) in [5, 5.41) is 12.4. The summed E-state index contributed by atoms with van der Waals surface area (Å²) in [6.45, 7) is 0.173. The molecule has 2 aromatic carbocycles. The van der Waals surface area contributed by atoms with E-state index in [1.807, 2.05) is 42.5 Å². The molecule has 0 saturated heterocycles. The van der Waals surface area contributed by atoms with Crippen LogP contribution in [0.4, 0.5) is 0 Å². The molecule has 0 saturated carbocycles. The fraction of sp³-hybridized carbons (Fsp3) is 0.143. The molecular weight excluding hydrogens is 328 g/mol. The van der Waals surface area contributed by atoms with Gasteiger partial charge < -0.3 is 10.1 Å². The standard InChI is InChI=1S/C21H20N2O3/c24-20-17(11-12-18(23-20)13-15-7-3-1-4-8-15)14-22-19(21(25)26)16-9-5-2-6-10-16/h1-12,19,22H,13-14H2,(H,23,24)(H,25,26)/t19-/m0/s1. The average molecular weight is 348 g/mol. The van der Waals surface area contributed by atoms with Gasteiger partial charge in [-0.15, -0.1) is 0 Å². The van der Waals surface area contributed by atoms with Gasteiger partial charge in [0.05, 0.1) is 0 Å². The minimum Gasteiger partial charge on any atom is -0.480 e. The van der Waals surface area contributed by atoms with Crippen LogP contribution in [0.25, 0.3) is 0 Å².